The van der Waals surface area contributed by atoms with E-state index in [0.717, 1.165) is 10.4 Å². The molecule has 0 bridgehead atoms. The van der Waals surface area contributed by atoms with Gasteiger partial charge in [-0.15, -0.1) is 11.3 Å². The van der Waals surface area contributed by atoms with Crippen LogP contribution in [0.2, 0.25) is 0 Å². The minimum absolute atomic E-state index is 0.162. The summed E-state index contributed by atoms with van der Waals surface area (Å²) in [6.45, 7) is 1.78. The molecule has 0 aliphatic carbocycles. The molecule has 20 heavy (non-hydrogen) atoms. The first-order chi connectivity index (χ1) is 9.66. The van der Waals surface area contributed by atoms with E-state index in [1.807, 2.05) is 35.7 Å². The average Bonchev–Trinajstić information content (AvgIpc) is 2.98. The van der Waals surface area contributed by atoms with Gasteiger partial charge in [-0.1, -0.05) is 18.2 Å². The van der Waals surface area contributed by atoms with Gasteiger partial charge in [-0.3, -0.25) is 9.69 Å². The Balaban J connectivity index is 2.07. The van der Waals surface area contributed by atoms with E-state index >= 15 is 0 Å². The summed E-state index contributed by atoms with van der Waals surface area (Å²) in [4.78, 5) is 15.1. The zero-order valence-electron chi connectivity index (χ0n) is 10.9. The van der Waals surface area contributed by atoms with Gasteiger partial charge < -0.3 is 0 Å². The molecule has 0 saturated carbocycles. The lowest BCUT2D eigenvalue weighted by molar-refractivity contribution is 0.0722. The number of nitriles is 1. The molecule has 0 saturated heterocycles. The summed E-state index contributed by atoms with van der Waals surface area (Å²) in [6, 6.07) is 13.3. The Morgan fingerprint density at radius 1 is 1.30 bits per heavy atom. The Labute approximate surface area is 121 Å². The molecule has 0 radical (unpaired) electrons. The Bertz CT molecular complexity index is 726. The van der Waals surface area contributed by atoms with Crippen molar-refractivity contribution in [2.75, 3.05) is 0 Å². The van der Waals surface area contributed by atoms with Crippen LogP contribution in [0.5, 0.6) is 0 Å². The van der Waals surface area contributed by atoms with Crippen LogP contribution in [0.3, 0.4) is 0 Å². The maximum atomic E-state index is 12.6. The highest BCUT2D eigenvalue weighted by atomic mass is 32.1. The molecule has 1 atom stereocenters. The molecule has 2 heterocycles. The van der Waals surface area contributed by atoms with E-state index in [-0.39, 0.29) is 5.91 Å². The molecule has 3 rings (SSSR count). The predicted octanol–water partition coefficient (Wildman–Crippen LogP) is 3.61. The standard InChI is InChI=1S/C16H12N2OS/c1-16(11-17)14-12(8-10-20-14)7-9-18(16)15(19)13-5-3-2-4-6-13/h2-10H,1H3. The van der Waals surface area contributed by atoms with Crippen molar-refractivity contribution in [1.29, 1.82) is 5.26 Å². The number of amides is 1. The third kappa shape index (κ3) is 1.75. The molecular formula is C16H12N2OS. The highest BCUT2D eigenvalue weighted by Crippen LogP contribution is 2.39. The second-order valence-electron chi connectivity index (χ2n) is 4.75. The Hall–Kier alpha value is -2.38. The number of nitrogens with zero attached hydrogens (tertiary/aromatic N) is 2. The van der Waals surface area contributed by atoms with Crippen molar-refractivity contribution in [1.82, 2.24) is 4.90 Å². The van der Waals surface area contributed by atoms with Crippen molar-refractivity contribution in [3.05, 3.63) is 64.0 Å². The maximum absolute atomic E-state index is 12.6. The van der Waals surface area contributed by atoms with Crippen molar-refractivity contribution in [3.63, 3.8) is 0 Å². The second kappa shape index (κ2) is 4.62. The van der Waals surface area contributed by atoms with E-state index in [1.165, 1.54) is 16.2 Å². The van der Waals surface area contributed by atoms with Gasteiger partial charge in [-0.2, -0.15) is 5.26 Å². The summed E-state index contributed by atoms with van der Waals surface area (Å²) < 4.78 is 0. The van der Waals surface area contributed by atoms with Gasteiger partial charge in [0.2, 0.25) is 0 Å². The Morgan fingerprint density at radius 2 is 2.05 bits per heavy atom. The van der Waals surface area contributed by atoms with Crippen LogP contribution in [0.25, 0.3) is 6.08 Å². The number of carbonyl (C=O) groups excluding carboxylic acids is 1. The van der Waals surface area contributed by atoms with Gasteiger partial charge >= 0.3 is 0 Å². The van der Waals surface area contributed by atoms with Gasteiger partial charge in [0, 0.05) is 11.8 Å². The summed E-state index contributed by atoms with van der Waals surface area (Å²) in [6.07, 6.45) is 3.58. The number of rotatable bonds is 1. The molecule has 1 aromatic heterocycles. The maximum Gasteiger partial charge on any atom is 0.259 e. The molecule has 2 aromatic rings. The predicted molar refractivity (Wildman–Crippen MR) is 78.9 cm³/mol. The first-order valence-electron chi connectivity index (χ1n) is 6.23. The highest BCUT2D eigenvalue weighted by molar-refractivity contribution is 7.10. The van der Waals surface area contributed by atoms with Crippen LogP contribution in [0, 0.1) is 11.3 Å². The smallest absolute Gasteiger partial charge is 0.259 e. The molecule has 1 aliphatic heterocycles. The van der Waals surface area contributed by atoms with Gasteiger partial charge in [-0.25, -0.2) is 0 Å². The van der Waals surface area contributed by atoms with Crippen molar-refractivity contribution in [2.24, 2.45) is 0 Å². The van der Waals surface area contributed by atoms with E-state index in [2.05, 4.69) is 6.07 Å². The summed E-state index contributed by atoms with van der Waals surface area (Å²) >= 11 is 1.51. The quantitative estimate of drug-likeness (QED) is 0.801. The summed E-state index contributed by atoms with van der Waals surface area (Å²) in [7, 11) is 0. The first-order valence-corrected chi connectivity index (χ1v) is 7.11. The van der Waals surface area contributed by atoms with Crippen LogP contribution in [-0.2, 0) is 5.54 Å². The van der Waals surface area contributed by atoms with Crippen molar-refractivity contribution >= 4 is 23.3 Å². The molecule has 1 unspecified atom stereocenters. The number of carbonyl (C=O) groups is 1. The van der Waals surface area contributed by atoms with E-state index < -0.39 is 5.54 Å². The van der Waals surface area contributed by atoms with Gasteiger partial charge in [0.1, 0.15) is 0 Å². The Kier molecular flexibility index (Phi) is 2.92. The zero-order chi connectivity index (χ0) is 14.2. The monoisotopic (exact) mass is 280 g/mol. The lowest BCUT2D eigenvalue weighted by atomic mass is 9.93. The number of hydrogen-bond donors (Lipinski definition) is 0. The fraction of sp³-hybridized carbons (Fsp3) is 0.125. The molecule has 1 aliphatic rings. The number of hydrogen-bond acceptors (Lipinski definition) is 3. The molecule has 0 fully saturated rings. The van der Waals surface area contributed by atoms with E-state index in [4.69, 9.17) is 0 Å². The van der Waals surface area contributed by atoms with Crippen LogP contribution in [0.4, 0.5) is 0 Å². The van der Waals surface area contributed by atoms with E-state index in [1.54, 1.807) is 25.3 Å². The largest absolute Gasteiger partial charge is 0.291 e. The SMILES string of the molecule is CC1(C#N)c2sccc2C=CN1C(=O)c1ccccc1. The van der Waals surface area contributed by atoms with Crippen LogP contribution in [0.1, 0.15) is 27.7 Å². The zero-order valence-corrected chi connectivity index (χ0v) is 11.7. The van der Waals surface area contributed by atoms with Crippen LogP contribution in [-0.4, -0.2) is 10.8 Å². The van der Waals surface area contributed by atoms with Crippen LogP contribution in [0.15, 0.2) is 48.0 Å². The van der Waals surface area contributed by atoms with E-state index in [0.29, 0.717) is 5.56 Å². The Morgan fingerprint density at radius 3 is 2.75 bits per heavy atom. The van der Waals surface area contributed by atoms with Crippen molar-refractivity contribution in [3.8, 4) is 6.07 Å². The van der Waals surface area contributed by atoms with Gasteiger partial charge in [0.05, 0.1) is 10.9 Å². The third-order valence-electron chi connectivity index (χ3n) is 3.48. The molecule has 0 N–H and O–H groups in total. The third-order valence-corrected chi connectivity index (χ3v) is 4.62. The minimum atomic E-state index is -0.953. The fourth-order valence-electron chi connectivity index (χ4n) is 2.35. The number of fused-ring (bicyclic) bond motifs is 1. The summed E-state index contributed by atoms with van der Waals surface area (Å²) in [5.41, 5.74) is 0.639. The minimum Gasteiger partial charge on any atom is -0.291 e. The normalized spacial score (nSPS) is 20.3. The molecule has 3 nitrogen and oxygen atoms in total. The molecule has 0 spiro atoms. The number of benzene rings is 1. The second-order valence-corrected chi connectivity index (χ2v) is 5.66. The van der Waals surface area contributed by atoms with Gasteiger partial charge in [0.25, 0.3) is 5.91 Å². The number of thiophene rings is 1. The lowest BCUT2D eigenvalue weighted by Crippen LogP contribution is -2.44. The summed E-state index contributed by atoms with van der Waals surface area (Å²) in [5, 5.41) is 11.6. The van der Waals surface area contributed by atoms with E-state index in [9.17, 15) is 10.1 Å². The molecular weight excluding hydrogens is 268 g/mol. The van der Waals surface area contributed by atoms with Crippen molar-refractivity contribution in [2.45, 2.75) is 12.5 Å². The highest BCUT2D eigenvalue weighted by Gasteiger charge is 2.41. The lowest BCUT2D eigenvalue weighted by Gasteiger charge is -2.35. The van der Waals surface area contributed by atoms with Crippen LogP contribution >= 0.6 is 11.3 Å². The fourth-order valence-corrected chi connectivity index (χ4v) is 3.35. The topological polar surface area (TPSA) is 44.1 Å². The van der Waals surface area contributed by atoms with Gasteiger partial charge in [0.15, 0.2) is 5.54 Å². The average molecular weight is 280 g/mol. The van der Waals surface area contributed by atoms with Gasteiger partial charge in [-0.05, 0) is 42.1 Å². The first kappa shape index (κ1) is 12.6. The molecule has 98 valence electrons. The molecule has 1 aromatic carbocycles. The summed E-state index contributed by atoms with van der Waals surface area (Å²) in [5.74, 6) is -0.162. The molecule has 1 amide bonds. The van der Waals surface area contributed by atoms with Crippen LogP contribution < -0.4 is 0 Å². The van der Waals surface area contributed by atoms with Crippen molar-refractivity contribution < 1.29 is 4.79 Å². The molecule has 4 heteroatoms.